The van der Waals surface area contributed by atoms with Crippen molar-refractivity contribution >= 4 is 23.4 Å². The van der Waals surface area contributed by atoms with Crippen molar-refractivity contribution in [1.82, 2.24) is 10.2 Å². The summed E-state index contributed by atoms with van der Waals surface area (Å²) in [5.41, 5.74) is 1.54. The Balaban J connectivity index is 2.20. The van der Waals surface area contributed by atoms with Crippen LogP contribution in [0.4, 0.5) is 11.5 Å². The highest BCUT2D eigenvalue weighted by molar-refractivity contribution is 5.91. The minimum absolute atomic E-state index is 0.0955. The zero-order chi connectivity index (χ0) is 15.4. The average Bonchev–Trinajstić information content (AvgIpc) is 2.49. The Bertz CT molecular complexity index is 683. The Hall–Kier alpha value is -2.96. The summed E-state index contributed by atoms with van der Waals surface area (Å²) < 4.78 is 4.52. The maximum atomic E-state index is 11.2. The summed E-state index contributed by atoms with van der Waals surface area (Å²) in [5, 5.41) is 19.5. The number of ether oxygens (including phenoxy) is 1. The third-order valence-electron chi connectivity index (χ3n) is 2.80. The van der Waals surface area contributed by atoms with Crippen molar-refractivity contribution in [3.05, 3.63) is 47.2 Å². The van der Waals surface area contributed by atoms with Gasteiger partial charge in [-0.2, -0.15) is 0 Å². The molecule has 1 aromatic carbocycles. The van der Waals surface area contributed by atoms with Gasteiger partial charge in [-0.3, -0.25) is 0 Å². The molecule has 0 saturated heterocycles. The second-order valence-electron chi connectivity index (χ2n) is 4.26. The van der Waals surface area contributed by atoms with Gasteiger partial charge in [0.15, 0.2) is 11.5 Å². The molecular formula is C14H13N3O4. The monoisotopic (exact) mass is 287 g/mol. The molecule has 108 valence electrons. The summed E-state index contributed by atoms with van der Waals surface area (Å²) in [4.78, 5) is 22.3. The van der Waals surface area contributed by atoms with Gasteiger partial charge >= 0.3 is 11.9 Å². The standard InChI is InChI=1S/C14H13N3O4/c1-8-3-4-9(7-10(8)13(18)19)15-12-6-5-11(16-17-12)14(20)21-2/h3-7H,1-2H3,(H,15,17)(H,18,19). The highest BCUT2D eigenvalue weighted by Crippen LogP contribution is 2.18. The molecule has 2 rings (SSSR count). The molecule has 0 amide bonds. The van der Waals surface area contributed by atoms with Crippen molar-refractivity contribution in [2.45, 2.75) is 6.92 Å². The summed E-state index contributed by atoms with van der Waals surface area (Å²) in [5.74, 6) is -1.18. The molecule has 0 bridgehead atoms. The zero-order valence-corrected chi connectivity index (χ0v) is 11.5. The lowest BCUT2D eigenvalue weighted by molar-refractivity contribution is 0.0592. The van der Waals surface area contributed by atoms with Gasteiger partial charge in [0.25, 0.3) is 0 Å². The smallest absolute Gasteiger partial charge is 0.358 e. The summed E-state index contributed by atoms with van der Waals surface area (Å²) in [6.07, 6.45) is 0. The molecule has 0 aliphatic heterocycles. The van der Waals surface area contributed by atoms with E-state index >= 15 is 0 Å². The number of nitrogens with zero attached hydrogens (tertiary/aromatic N) is 2. The van der Waals surface area contributed by atoms with Crippen LogP contribution in [0, 0.1) is 6.92 Å². The summed E-state index contributed by atoms with van der Waals surface area (Å²) >= 11 is 0. The Morgan fingerprint density at radius 1 is 1.19 bits per heavy atom. The van der Waals surface area contributed by atoms with Gasteiger partial charge in [0.05, 0.1) is 12.7 Å². The van der Waals surface area contributed by atoms with Crippen LogP contribution in [-0.2, 0) is 4.74 Å². The van der Waals surface area contributed by atoms with Gasteiger partial charge in [-0.25, -0.2) is 9.59 Å². The molecule has 0 atom stereocenters. The first-order chi connectivity index (χ1) is 10.0. The van der Waals surface area contributed by atoms with Gasteiger partial charge in [-0.05, 0) is 36.8 Å². The average molecular weight is 287 g/mol. The van der Waals surface area contributed by atoms with Crippen molar-refractivity contribution in [3.63, 3.8) is 0 Å². The Labute approximate surface area is 120 Å². The number of aryl methyl sites for hydroxylation is 1. The molecule has 0 unspecified atom stereocenters. The fourth-order valence-electron chi connectivity index (χ4n) is 1.69. The van der Waals surface area contributed by atoms with Crippen LogP contribution in [0.5, 0.6) is 0 Å². The minimum atomic E-state index is -0.997. The lowest BCUT2D eigenvalue weighted by Gasteiger charge is -2.08. The number of carbonyl (C=O) groups excluding carboxylic acids is 1. The van der Waals surface area contributed by atoms with Crippen molar-refractivity contribution in [2.24, 2.45) is 0 Å². The molecule has 0 spiro atoms. The Morgan fingerprint density at radius 2 is 1.95 bits per heavy atom. The molecule has 1 heterocycles. The number of anilines is 2. The Kier molecular flexibility index (Phi) is 4.13. The van der Waals surface area contributed by atoms with Gasteiger partial charge in [-0.15, -0.1) is 10.2 Å². The third kappa shape index (κ3) is 3.33. The van der Waals surface area contributed by atoms with Crippen LogP contribution in [0.3, 0.4) is 0 Å². The van der Waals surface area contributed by atoms with Crippen molar-refractivity contribution in [3.8, 4) is 0 Å². The van der Waals surface area contributed by atoms with E-state index in [0.717, 1.165) is 0 Å². The van der Waals surface area contributed by atoms with Gasteiger partial charge in [-0.1, -0.05) is 6.07 Å². The van der Waals surface area contributed by atoms with E-state index in [0.29, 0.717) is 17.1 Å². The topological polar surface area (TPSA) is 101 Å². The number of rotatable bonds is 4. The maximum Gasteiger partial charge on any atom is 0.358 e. The van der Waals surface area contributed by atoms with E-state index < -0.39 is 11.9 Å². The summed E-state index contributed by atoms with van der Waals surface area (Å²) in [7, 11) is 1.26. The lowest BCUT2D eigenvalue weighted by Crippen LogP contribution is -2.06. The van der Waals surface area contributed by atoms with Gasteiger partial charge in [0.2, 0.25) is 0 Å². The quantitative estimate of drug-likeness (QED) is 0.829. The van der Waals surface area contributed by atoms with Crippen molar-refractivity contribution < 1.29 is 19.4 Å². The van der Waals surface area contributed by atoms with Crippen LogP contribution < -0.4 is 5.32 Å². The van der Waals surface area contributed by atoms with Crippen molar-refractivity contribution in [1.29, 1.82) is 0 Å². The van der Waals surface area contributed by atoms with E-state index in [4.69, 9.17) is 5.11 Å². The molecule has 2 N–H and O–H groups in total. The van der Waals surface area contributed by atoms with Crippen LogP contribution in [0.15, 0.2) is 30.3 Å². The predicted octanol–water partition coefficient (Wildman–Crippen LogP) is 2.01. The van der Waals surface area contributed by atoms with Crippen LogP contribution in [0.25, 0.3) is 0 Å². The van der Waals surface area contributed by atoms with Crippen LogP contribution in [-0.4, -0.2) is 34.4 Å². The summed E-state index contributed by atoms with van der Waals surface area (Å²) in [6, 6.07) is 7.96. The number of benzene rings is 1. The second-order valence-corrected chi connectivity index (χ2v) is 4.26. The molecule has 7 nitrogen and oxygen atoms in total. The van der Waals surface area contributed by atoms with E-state index in [1.54, 1.807) is 25.1 Å². The normalized spacial score (nSPS) is 10.0. The Morgan fingerprint density at radius 3 is 2.52 bits per heavy atom. The summed E-state index contributed by atoms with van der Waals surface area (Å²) in [6.45, 7) is 1.72. The van der Waals surface area contributed by atoms with E-state index in [9.17, 15) is 9.59 Å². The predicted molar refractivity (Wildman–Crippen MR) is 74.8 cm³/mol. The van der Waals surface area contributed by atoms with E-state index in [-0.39, 0.29) is 11.3 Å². The maximum absolute atomic E-state index is 11.2. The number of hydrogen-bond donors (Lipinski definition) is 2. The molecule has 0 fully saturated rings. The molecule has 0 aliphatic rings. The van der Waals surface area contributed by atoms with Crippen molar-refractivity contribution in [2.75, 3.05) is 12.4 Å². The van der Waals surface area contributed by atoms with Gasteiger partial charge < -0.3 is 15.2 Å². The van der Waals surface area contributed by atoms with Crippen LogP contribution >= 0.6 is 0 Å². The van der Waals surface area contributed by atoms with E-state index in [1.165, 1.54) is 19.2 Å². The highest BCUT2D eigenvalue weighted by atomic mass is 16.5. The van der Waals surface area contributed by atoms with Crippen LogP contribution in [0.2, 0.25) is 0 Å². The number of carboxylic acids is 1. The number of nitrogens with one attached hydrogen (secondary N) is 1. The number of carboxylic acid groups (broad SMARTS) is 1. The molecule has 2 aromatic rings. The molecule has 21 heavy (non-hydrogen) atoms. The first kappa shape index (κ1) is 14.4. The third-order valence-corrected chi connectivity index (χ3v) is 2.80. The van der Waals surface area contributed by atoms with E-state index in [1.807, 2.05) is 0 Å². The number of methoxy groups -OCH3 is 1. The molecule has 0 saturated carbocycles. The fourth-order valence-corrected chi connectivity index (χ4v) is 1.69. The molecular weight excluding hydrogens is 274 g/mol. The van der Waals surface area contributed by atoms with Crippen LogP contribution in [0.1, 0.15) is 26.4 Å². The first-order valence-corrected chi connectivity index (χ1v) is 6.04. The number of hydrogen-bond acceptors (Lipinski definition) is 6. The molecule has 1 aromatic heterocycles. The molecule has 0 aliphatic carbocycles. The first-order valence-electron chi connectivity index (χ1n) is 6.04. The number of aromatic carboxylic acids is 1. The lowest BCUT2D eigenvalue weighted by atomic mass is 10.1. The largest absolute Gasteiger partial charge is 0.478 e. The van der Waals surface area contributed by atoms with Gasteiger partial charge in [0, 0.05) is 5.69 Å². The fraction of sp³-hybridized carbons (Fsp3) is 0.143. The number of esters is 1. The van der Waals surface area contributed by atoms with Gasteiger partial charge in [0.1, 0.15) is 0 Å². The number of aromatic nitrogens is 2. The molecule has 0 radical (unpaired) electrons. The number of carbonyl (C=O) groups is 2. The second kappa shape index (κ2) is 6.00. The highest BCUT2D eigenvalue weighted by Gasteiger charge is 2.10. The minimum Gasteiger partial charge on any atom is -0.478 e. The van der Waals surface area contributed by atoms with E-state index in [2.05, 4.69) is 20.3 Å². The zero-order valence-electron chi connectivity index (χ0n) is 11.5. The SMILES string of the molecule is COC(=O)c1ccc(Nc2ccc(C)c(C(=O)O)c2)nn1. The molecule has 7 heteroatoms.